The minimum absolute atomic E-state index is 0.304. The highest BCUT2D eigenvalue weighted by Gasteiger charge is 2.16. The third-order valence-corrected chi connectivity index (χ3v) is 3.72. The smallest absolute Gasteiger partial charge is 0.288 e. The van der Waals surface area contributed by atoms with E-state index in [4.69, 9.17) is 12.2 Å². The Hall–Kier alpha value is -2.93. The molecule has 6 nitrogen and oxygen atoms in total. The van der Waals surface area contributed by atoms with E-state index < -0.39 is 0 Å². The Morgan fingerprint density at radius 3 is 2.58 bits per heavy atom. The van der Waals surface area contributed by atoms with Gasteiger partial charge in [-0.1, -0.05) is 23.8 Å². The zero-order valence-corrected chi connectivity index (χ0v) is 14.1. The SMILES string of the molecule is Cc1ccc(NC(=S)NNC(=O)c2c(C)nc3ccccn23)cc1. The molecule has 0 bridgehead atoms. The van der Waals surface area contributed by atoms with E-state index >= 15 is 0 Å². The van der Waals surface area contributed by atoms with Crippen molar-refractivity contribution in [1.29, 1.82) is 0 Å². The largest absolute Gasteiger partial charge is 0.331 e. The predicted octanol–water partition coefficient (Wildman–Crippen LogP) is 2.58. The number of aromatic nitrogens is 2. The van der Waals surface area contributed by atoms with Crippen LogP contribution in [0.5, 0.6) is 0 Å². The van der Waals surface area contributed by atoms with Gasteiger partial charge in [-0.2, -0.15) is 0 Å². The fraction of sp³-hybridized carbons (Fsp3) is 0.118. The molecule has 2 heterocycles. The number of carbonyl (C=O) groups excluding carboxylic acids is 1. The topological polar surface area (TPSA) is 70.5 Å². The van der Waals surface area contributed by atoms with Gasteiger partial charge in [-0.05, 0) is 50.3 Å². The Kier molecular flexibility index (Phi) is 4.43. The van der Waals surface area contributed by atoms with Crippen LogP contribution >= 0.6 is 12.2 Å². The zero-order chi connectivity index (χ0) is 17.1. The standard InChI is InChI=1S/C17H17N5OS/c1-11-6-8-13(9-7-11)19-17(24)21-20-16(23)15-12(2)18-14-5-3-4-10-22(14)15/h3-10H,1-2H3,(H,20,23)(H2,19,21,24). The van der Waals surface area contributed by atoms with E-state index in [1.807, 2.05) is 49.4 Å². The van der Waals surface area contributed by atoms with Gasteiger partial charge in [0.1, 0.15) is 11.3 Å². The maximum absolute atomic E-state index is 12.4. The monoisotopic (exact) mass is 339 g/mol. The number of hydrogen-bond donors (Lipinski definition) is 3. The molecule has 24 heavy (non-hydrogen) atoms. The van der Waals surface area contributed by atoms with Crippen LogP contribution in [0.1, 0.15) is 21.7 Å². The number of thiocarbonyl (C=S) groups is 1. The van der Waals surface area contributed by atoms with Crippen LogP contribution in [0.4, 0.5) is 5.69 Å². The highest BCUT2D eigenvalue weighted by Crippen LogP contribution is 2.11. The summed E-state index contributed by atoms with van der Waals surface area (Å²) in [6.07, 6.45) is 1.80. The first-order chi connectivity index (χ1) is 11.5. The molecule has 2 aromatic heterocycles. The van der Waals surface area contributed by atoms with E-state index in [2.05, 4.69) is 21.2 Å². The molecule has 0 saturated carbocycles. The summed E-state index contributed by atoms with van der Waals surface area (Å²) in [5, 5.41) is 3.31. The molecule has 0 aliphatic carbocycles. The third-order valence-electron chi connectivity index (χ3n) is 3.52. The molecule has 1 amide bonds. The Labute approximate surface area is 144 Å². The van der Waals surface area contributed by atoms with E-state index in [-0.39, 0.29) is 5.91 Å². The molecule has 7 heteroatoms. The number of fused-ring (bicyclic) bond motifs is 1. The van der Waals surface area contributed by atoms with Crippen LogP contribution in [0.25, 0.3) is 5.65 Å². The molecular formula is C17H17N5OS. The molecule has 0 unspecified atom stereocenters. The van der Waals surface area contributed by atoms with E-state index in [1.54, 1.807) is 17.5 Å². The van der Waals surface area contributed by atoms with Gasteiger partial charge in [-0.25, -0.2) is 4.98 Å². The number of hydrazine groups is 1. The number of carbonyl (C=O) groups is 1. The van der Waals surface area contributed by atoms with Crippen molar-refractivity contribution in [2.24, 2.45) is 0 Å². The Bertz CT molecular complexity index is 901. The summed E-state index contributed by atoms with van der Waals surface area (Å²) in [7, 11) is 0. The molecule has 0 radical (unpaired) electrons. The molecular weight excluding hydrogens is 322 g/mol. The third kappa shape index (κ3) is 3.36. The predicted molar refractivity (Wildman–Crippen MR) is 97.9 cm³/mol. The first-order valence-electron chi connectivity index (χ1n) is 7.42. The second-order valence-corrected chi connectivity index (χ2v) is 5.78. The molecule has 0 aliphatic rings. The summed E-state index contributed by atoms with van der Waals surface area (Å²) in [5.74, 6) is -0.306. The van der Waals surface area contributed by atoms with E-state index in [9.17, 15) is 4.79 Å². The fourth-order valence-corrected chi connectivity index (χ4v) is 2.53. The van der Waals surface area contributed by atoms with Gasteiger partial charge < -0.3 is 5.32 Å². The van der Waals surface area contributed by atoms with Gasteiger partial charge in [0.05, 0.1) is 5.69 Å². The highest BCUT2D eigenvalue weighted by atomic mass is 32.1. The van der Waals surface area contributed by atoms with Crippen LogP contribution in [-0.4, -0.2) is 20.4 Å². The molecule has 3 rings (SSSR count). The molecule has 3 N–H and O–H groups in total. The Morgan fingerprint density at radius 1 is 1.08 bits per heavy atom. The molecule has 0 fully saturated rings. The number of aryl methyl sites for hydroxylation is 2. The lowest BCUT2D eigenvalue weighted by molar-refractivity contribution is 0.0937. The average molecular weight is 339 g/mol. The second-order valence-electron chi connectivity index (χ2n) is 5.37. The average Bonchev–Trinajstić information content (AvgIpc) is 2.90. The van der Waals surface area contributed by atoms with Gasteiger partial charge in [0.2, 0.25) is 0 Å². The second kappa shape index (κ2) is 6.67. The lowest BCUT2D eigenvalue weighted by atomic mass is 10.2. The van der Waals surface area contributed by atoms with E-state index in [0.717, 1.165) is 16.9 Å². The number of nitrogens with zero attached hydrogens (tertiary/aromatic N) is 2. The van der Waals surface area contributed by atoms with Crippen molar-refractivity contribution in [1.82, 2.24) is 20.2 Å². The number of rotatable bonds is 2. The van der Waals surface area contributed by atoms with Gasteiger partial charge >= 0.3 is 0 Å². The molecule has 0 atom stereocenters. The van der Waals surface area contributed by atoms with Crippen molar-refractivity contribution < 1.29 is 4.79 Å². The Balaban J connectivity index is 1.65. The van der Waals surface area contributed by atoms with Gasteiger partial charge in [-0.15, -0.1) is 0 Å². The van der Waals surface area contributed by atoms with E-state index in [1.165, 1.54) is 0 Å². The van der Waals surface area contributed by atoms with Crippen molar-refractivity contribution in [2.45, 2.75) is 13.8 Å². The van der Waals surface area contributed by atoms with Crippen LogP contribution in [0.2, 0.25) is 0 Å². The number of nitrogens with one attached hydrogen (secondary N) is 3. The molecule has 0 aliphatic heterocycles. The number of pyridine rings is 1. The fourth-order valence-electron chi connectivity index (χ4n) is 2.36. The van der Waals surface area contributed by atoms with Gasteiger partial charge in [0.25, 0.3) is 5.91 Å². The summed E-state index contributed by atoms with van der Waals surface area (Å²) in [4.78, 5) is 16.8. The van der Waals surface area contributed by atoms with Crippen LogP contribution < -0.4 is 16.2 Å². The van der Waals surface area contributed by atoms with Crippen molar-refractivity contribution in [3.05, 3.63) is 65.6 Å². The minimum atomic E-state index is -0.306. The number of benzene rings is 1. The molecule has 3 aromatic rings. The summed E-state index contributed by atoms with van der Waals surface area (Å²) in [6.45, 7) is 3.81. The number of imidazole rings is 1. The molecule has 122 valence electrons. The number of amides is 1. The van der Waals surface area contributed by atoms with Crippen molar-refractivity contribution in [3.8, 4) is 0 Å². The van der Waals surface area contributed by atoms with Gasteiger partial charge in [0, 0.05) is 11.9 Å². The summed E-state index contributed by atoms with van der Waals surface area (Å²) in [6, 6.07) is 13.4. The Morgan fingerprint density at radius 2 is 1.83 bits per heavy atom. The summed E-state index contributed by atoms with van der Waals surface area (Å²) < 4.78 is 1.74. The maximum atomic E-state index is 12.4. The van der Waals surface area contributed by atoms with E-state index in [0.29, 0.717) is 16.5 Å². The highest BCUT2D eigenvalue weighted by molar-refractivity contribution is 7.80. The number of anilines is 1. The summed E-state index contributed by atoms with van der Waals surface area (Å²) >= 11 is 5.19. The van der Waals surface area contributed by atoms with Crippen LogP contribution in [0.3, 0.4) is 0 Å². The molecule has 1 aromatic carbocycles. The minimum Gasteiger partial charge on any atom is -0.331 e. The first kappa shape index (κ1) is 15.9. The number of hydrogen-bond acceptors (Lipinski definition) is 3. The maximum Gasteiger partial charge on any atom is 0.288 e. The van der Waals surface area contributed by atoms with Gasteiger partial charge in [0.15, 0.2) is 5.11 Å². The van der Waals surface area contributed by atoms with Gasteiger partial charge in [-0.3, -0.25) is 20.0 Å². The van der Waals surface area contributed by atoms with Crippen LogP contribution in [0, 0.1) is 13.8 Å². The molecule has 0 spiro atoms. The lowest BCUT2D eigenvalue weighted by Crippen LogP contribution is -2.44. The van der Waals surface area contributed by atoms with Crippen molar-refractivity contribution in [2.75, 3.05) is 5.32 Å². The normalized spacial score (nSPS) is 10.4. The lowest BCUT2D eigenvalue weighted by Gasteiger charge is -2.12. The van der Waals surface area contributed by atoms with Crippen LogP contribution in [0.15, 0.2) is 48.7 Å². The zero-order valence-electron chi connectivity index (χ0n) is 13.3. The van der Waals surface area contributed by atoms with Crippen molar-refractivity contribution >= 4 is 34.6 Å². The van der Waals surface area contributed by atoms with Crippen molar-refractivity contribution in [3.63, 3.8) is 0 Å². The van der Waals surface area contributed by atoms with Crippen LogP contribution in [-0.2, 0) is 0 Å². The first-order valence-corrected chi connectivity index (χ1v) is 7.83. The molecule has 0 saturated heterocycles. The quantitative estimate of drug-likeness (QED) is 0.494. The summed E-state index contributed by atoms with van der Waals surface area (Å²) in [5.41, 5.74) is 9.15.